The van der Waals surface area contributed by atoms with Crippen molar-refractivity contribution in [3.05, 3.63) is 29.6 Å². The van der Waals surface area contributed by atoms with Crippen molar-refractivity contribution in [2.75, 3.05) is 26.3 Å². The number of fused-ring (bicyclic) bond motifs is 5. The summed E-state index contributed by atoms with van der Waals surface area (Å²) >= 11 is 0. The zero-order valence-corrected chi connectivity index (χ0v) is 25.4. The molecule has 45 heavy (non-hydrogen) atoms. The molecule has 3 aliphatic heterocycles. The van der Waals surface area contributed by atoms with E-state index in [4.69, 9.17) is 9.47 Å². The van der Waals surface area contributed by atoms with Crippen molar-refractivity contribution in [3.8, 4) is 17.3 Å². The fourth-order valence-electron chi connectivity index (χ4n) is 7.98. The Morgan fingerprint density at radius 1 is 1.11 bits per heavy atom. The summed E-state index contributed by atoms with van der Waals surface area (Å²) in [5, 5.41) is 10.2. The number of aromatic nitrogens is 7. The molecule has 3 fully saturated rings. The third kappa shape index (κ3) is 4.35. The van der Waals surface area contributed by atoms with E-state index in [0.717, 1.165) is 38.6 Å². The lowest BCUT2D eigenvalue weighted by molar-refractivity contribution is -0.137. The highest BCUT2D eigenvalue weighted by Crippen LogP contribution is 2.47. The lowest BCUT2D eigenvalue weighted by Gasteiger charge is -2.30. The minimum atomic E-state index is -4.64. The summed E-state index contributed by atoms with van der Waals surface area (Å²) in [6, 6.07) is 1.69. The first kappa shape index (κ1) is 28.7. The summed E-state index contributed by atoms with van der Waals surface area (Å²) in [5.74, 6) is 0. The highest BCUT2D eigenvalue weighted by Gasteiger charge is 2.49. The molecule has 3 aliphatic rings. The summed E-state index contributed by atoms with van der Waals surface area (Å²) in [6.07, 6.45) is 2.16. The van der Waals surface area contributed by atoms with Gasteiger partial charge in [0, 0.05) is 50.8 Å². The number of benzene rings is 1. The van der Waals surface area contributed by atoms with Gasteiger partial charge in [0.15, 0.2) is 6.23 Å². The number of hydrogen-bond acceptors (Lipinski definition) is 7. The van der Waals surface area contributed by atoms with Crippen LogP contribution in [0.3, 0.4) is 0 Å². The predicted octanol–water partition coefficient (Wildman–Crippen LogP) is 5.85. The summed E-state index contributed by atoms with van der Waals surface area (Å²) in [7, 11) is 3.46. The van der Waals surface area contributed by atoms with Crippen molar-refractivity contribution in [3.63, 3.8) is 0 Å². The minimum absolute atomic E-state index is 0.0251. The van der Waals surface area contributed by atoms with Gasteiger partial charge in [-0.1, -0.05) is 0 Å². The second kappa shape index (κ2) is 10.1. The lowest BCUT2D eigenvalue weighted by atomic mass is 9.94. The third-order valence-corrected chi connectivity index (χ3v) is 9.96. The molecule has 1 aromatic carbocycles. The van der Waals surface area contributed by atoms with E-state index in [0.29, 0.717) is 52.5 Å². The summed E-state index contributed by atoms with van der Waals surface area (Å²) < 4.78 is 75.8. The number of nitrogens with zero attached hydrogens (tertiary/aromatic N) is 8. The van der Waals surface area contributed by atoms with Crippen LogP contribution >= 0.6 is 0 Å². The molecule has 0 saturated carbocycles. The molecular weight excluding hydrogens is 592 g/mol. The van der Waals surface area contributed by atoms with Crippen molar-refractivity contribution in [1.29, 1.82) is 0 Å². The standard InChI is InChI=1S/C31H34F4N8O2/c1-17-11-21-19(14-37-43(21)22-7-4-5-10-44-22)23(24(17)31(33,34)35)25-27-26(41(3)39-25)20-13-36-29(38-28(20)40(27)2)45-16-30-8-6-9-42(30)15-18(32)12-30/h11,13-14,18,22H,4-10,12,15-16H2,1-3H3/t18-,22?,30+/m1/s1. The van der Waals surface area contributed by atoms with Crippen LogP contribution in [0.2, 0.25) is 0 Å². The Kier molecular flexibility index (Phi) is 6.44. The van der Waals surface area contributed by atoms with Crippen LogP contribution in [0.25, 0.3) is 44.2 Å². The molecule has 3 atom stereocenters. The van der Waals surface area contributed by atoms with Gasteiger partial charge in [-0.2, -0.15) is 28.4 Å². The van der Waals surface area contributed by atoms with Gasteiger partial charge in [-0.3, -0.25) is 9.58 Å². The molecule has 3 saturated heterocycles. The number of hydrogen-bond donors (Lipinski definition) is 0. The monoisotopic (exact) mass is 626 g/mol. The molecule has 8 rings (SSSR count). The minimum Gasteiger partial charge on any atom is -0.461 e. The summed E-state index contributed by atoms with van der Waals surface area (Å²) in [5.41, 5.74) is 1.31. The van der Waals surface area contributed by atoms with Crippen LogP contribution in [-0.4, -0.2) is 77.0 Å². The smallest absolute Gasteiger partial charge is 0.417 e. The second-order valence-corrected chi connectivity index (χ2v) is 12.8. The Morgan fingerprint density at radius 2 is 1.96 bits per heavy atom. The molecule has 4 aromatic heterocycles. The van der Waals surface area contributed by atoms with E-state index in [1.807, 2.05) is 0 Å². The lowest BCUT2D eigenvalue weighted by Crippen LogP contribution is -2.43. The number of ether oxygens (including phenoxy) is 2. The number of alkyl halides is 4. The van der Waals surface area contributed by atoms with Crippen LogP contribution < -0.4 is 4.74 Å². The van der Waals surface area contributed by atoms with E-state index in [1.54, 1.807) is 40.3 Å². The Morgan fingerprint density at radius 3 is 2.73 bits per heavy atom. The van der Waals surface area contributed by atoms with Gasteiger partial charge in [0.1, 0.15) is 24.1 Å². The largest absolute Gasteiger partial charge is 0.461 e. The second-order valence-electron chi connectivity index (χ2n) is 12.8. The van der Waals surface area contributed by atoms with E-state index in [-0.39, 0.29) is 41.2 Å². The van der Waals surface area contributed by atoms with Crippen LogP contribution in [0.5, 0.6) is 6.01 Å². The predicted molar refractivity (Wildman–Crippen MR) is 159 cm³/mol. The summed E-state index contributed by atoms with van der Waals surface area (Å²) in [4.78, 5) is 11.3. The maximum Gasteiger partial charge on any atom is 0.417 e. The van der Waals surface area contributed by atoms with Crippen molar-refractivity contribution >= 4 is 33.0 Å². The Balaban J connectivity index is 1.27. The average Bonchev–Trinajstić information content (AvgIpc) is 3.79. The quantitative estimate of drug-likeness (QED) is 0.226. The van der Waals surface area contributed by atoms with Gasteiger partial charge in [0.25, 0.3) is 0 Å². The molecule has 1 unspecified atom stereocenters. The van der Waals surface area contributed by atoms with Gasteiger partial charge in [-0.25, -0.2) is 14.1 Å². The first-order valence-corrected chi connectivity index (χ1v) is 15.5. The molecule has 14 heteroatoms. The topological polar surface area (TPSA) is 88.0 Å². The zero-order valence-electron chi connectivity index (χ0n) is 25.4. The van der Waals surface area contributed by atoms with Crippen molar-refractivity contribution in [1.82, 2.24) is 39.0 Å². The number of halogens is 4. The fraction of sp³-hybridized carbons (Fsp3) is 0.548. The van der Waals surface area contributed by atoms with Gasteiger partial charge in [-0.15, -0.1) is 0 Å². The molecule has 238 valence electrons. The SMILES string of the molecule is Cc1cc2c(cnn2C2CCCCO2)c(-c2nn(C)c3c4cnc(OC[C@@]56CCCN5C[C@H](F)C6)nc4n(C)c23)c1C(F)(F)F. The Bertz CT molecular complexity index is 1960. The van der Waals surface area contributed by atoms with E-state index < -0.39 is 17.9 Å². The number of rotatable bonds is 5. The van der Waals surface area contributed by atoms with Gasteiger partial charge >= 0.3 is 12.2 Å². The molecule has 0 bridgehead atoms. The Labute approximate surface area is 255 Å². The highest BCUT2D eigenvalue weighted by molar-refractivity contribution is 6.12. The van der Waals surface area contributed by atoms with Gasteiger partial charge in [0.2, 0.25) is 0 Å². The van der Waals surface area contributed by atoms with E-state index in [1.165, 1.54) is 13.1 Å². The van der Waals surface area contributed by atoms with E-state index >= 15 is 0 Å². The van der Waals surface area contributed by atoms with Crippen LogP contribution in [0, 0.1) is 6.92 Å². The van der Waals surface area contributed by atoms with Crippen LogP contribution in [0.1, 0.15) is 55.9 Å². The molecule has 0 spiro atoms. The molecule has 10 nitrogen and oxygen atoms in total. The molecule has 7 heterocycles. The first-order chi connectivity index (χ1) is 21.6. The average molecular weight is 627 g/mol. The number of aryl methyl sites for hydroxylation is 3. The van der Waals surface area contributed by atoms with Gasteiger partial charge in [0.05, 0.1) is 39.2 Å². The molecule has 0 N–H and O–H groups in total. The fourth-order valence-corrected chi connectivity index (χ4v) is 7.98. The summed E-state index contributed by atoms with van der Waals surface area (Å²) in [6.45, 7) is 3.60. The highest BCUT2D eigenvalue weighted by atomic mass is 19.4. The van der Waals surface area contributed by atoms with E-state index in [2.05, 4.69) is 25.1 Å². The van der Waals surface area contributed by atoms with E-state index in [9.17, 15) is 17.6 Å². The third-order valence-electron chi connectivity index (χ3n) is 9.96. The van der Waals surface area contributed by atoms with Crippen LogP contribution in [-0.2, 0) is 25.0 Å². The molecule has 0 radical (unpaired) electrons. The van der Waals surface area contributed by atoms with Crippen molar-refractivity contribution in [2.45, 2.75) is 69.6 Å². The molecule has 0 aliphatic carbocycles. The van der Waals surface area contributed by atoms with Crippen LogP contribution in [0.4, 0.5) is 17.6 Å². The zero-order chi connectivity index (χ0) is 31.2. The molecule has 0 amide bonds. The van der Waals surface area contributed by atoms with Crippen LogP contribution in [0.15, 0.2) is 18.5 Å². The first-order valence-electron chi connectivity index (χ1n) is 15.5. The van der Waals surface area contributed by atoms with Crippen molar-refractivity contribution < 1.29 is 27.0 Å². The maximum absolute atomic E-state index is 14.8. The Hall–Kier alpha value is -3.78. The van der Waals surface area contributed by atoms with Gasteiger partial charge in [-0.05, 0) is 57.2 Å². The van der Waals surface area contributed by atoms with Crippen molar-refractivity contribution in [2.24, 2.45) is 14.1 Å². The normalized spacial score (nSPS) is 24.4. The molecule has 5 aromatic rings. The molecular formula is C31H34F4N8O2. The van der Waals surface area contributed by atoms with Gasteiger partial charge < -0.3 is 14.0 Å². The maximum atomic E-state index is 14.8.